The second-order valence-electron chi connectivity index (χ2n) is 6.12. The minimum atomic E-state index is -0.114. The number of fused-ring (bicyclic) bond motifs is 1. The second-order valence-corrected chi connectivity index (χ2v) is 6.12. The molecule has 0 aliphatic carbocycles. The summed E-state index contributed by atoms with van der Waals surface area (Å²) in [7, 11) is 3.10. The number of methoxy groups -OCH3 is 2. The van der Waals surface area contributed by atoms with Crippen LogP contribution in [0.5, 0.6) is 11.5 Å². The zero-order chi connectivity index (χ0) is 18.7. The summed E-state index contributed by atoms with van der Waals surface area (Å²) in [5.41, 5.74) is 3.52. The van der Waals surface area contributed by atoms with E-state index in [1.165, 1.54) is 6.07 Å². The van der Waals surface area contributed by atoms with Gasteiger partial charge in [-0.1, -0.05) is 30.7 Å². The van der Waals surface area contributed by atoms with Gasteiger partial charge in [-0.05, 0) is 25.1 Å². The van der Waals surface area contributed by atoms with E-state index in [2.05, 4.69) is 18.3 Å². The van der Waals surface area contributed by atoms with Gasteiger partial charge in [0.2, 0.25) is 0 Å². The Hall–Kier alpha value is -2.79. The Bertz CT molecular complexity index is 991. The van der Waals surface area contributed by atoms with Gasteiger partial charge in [0.1, 0.15) is 11.3 Å². The van der Waals surface area contributed by atoms with Crippen LogP contribution in [-0.2, 0) is 6.54 Å². The molecular weight excluding hydrogens is 330 g/mol. The quantitative estimate of drug-likeness (QED) is 0.728. The van der Waals surface area contributed by atoms with Gasteiger partial charge < -0.3 is 19.2 Å². The fourth-order valence-corrected chi connectivity index (χ4v) is 2.98. The first-order valence-corrected chi connectivity index (χ1v) is 8.57. The number of nitrogens with one attached hydrogen (secondary N) is 1. The van der Waals surface area contributed by atoms with Gasteiger partial charge >= 0.3 is 0 Å². The molecule has 3 aromatic rings. The number of benzene rings is 2. The van der Waals surface area contributed by atoms with Crippen molar-refractivity contribution in [2.24, 2.45) is 0 Å². The van der Waals surface area contributed by atoms with E-state index in [1.807, 2.05) is 19.1 Å². The molecule has 5 heteroatoms. The normalized spacial score (nSPS) is 10.9. The molecule has 26 heavy (non-hydrogen) atoms. The maximum absolute atomic E-state index is 12.7. The zero-order valence-corrected chi connectivity index (χ0v) is 15.5. The number of rotatable bonds is 6. The zero-order valence-electron chi connectivity index (χ0n) is 15.5. The summed E-state index contributed by atoms with van der Waals surface area (Å²) in [5, 5.41) is 3.80. The second kappa shape index (κ2) is 7.62. The van der Waals surface area contributed by atoms with Crippen LogP contribution in [0.1, 0.15) is 18.1 Å². The van der Waals surface area contributed by atoms with Crippen molar-refractivity contribution in [2.75, 3.05) is 20.8 Å². The fourth-order valence-electron chi connectivity index (χ4n) is 2.98. The molecule has 1 N–H and O–H groups in total. The van der Waals surface area contributed by atoms with Crippen molar-refractivity contribution in [1.29, 1.82) is 0 Å². The van der Waals surface area contributed by atoms with Crippen LogP contribution in [-0.4, -0.2) is 20.8 Å². The Kier molecular flexibility index (Phi) is 5.28. The largest absolute Gasteiger partial charge is 0.493 e. The predicted molar refractivity (Wildman–Crippen MR) is 103 cm³/mol. The van der Waals surface area contributed by atoms with Crippen molar-refractivity contribution in [1.82, 2.24) is 5.32 Å². The first-order valence-electron chi connectivity index (χ1n) is 8.57. The van der Waals surface area contributed by atoms with E-state index in [9.17, 15) is 4.79 Å². The van der Waals surface area contributed by atoms with E-state index >= 15 is 0 Å². The van der Waals surface area contributed by atoms with E-state index in [0.717, 1.165) is 23.2 Å². The van der Waals surface area contributed by atoms with E-state index in [0.29, 0.717) is 34.8 Å². The van der Waals surface area contributed by atoms with Crippen LogP contribution in [0.3, 0.4) is 0 Å². The molecule has 0 aliphatic heterocycles. The number of hydrogen-bond acceptors (Lipinski definition) is 5. The minimum absolute atomic E-state index is 0.114. The highest BCUT2D eigenvalue weighted by atomic mass is 16.5. The molecule has 1 aromatic heterocycles. The molecule has 0 amide bonds. The Labute approximate surface area is 152 Å². The summed E-state index contributed by atoms with van der Waals surface area (Å²) >= 11 is 0. The molecule has 0 radical (unpaired) electrons. The van der Waals surface area contributed by atoms with Crippen LogP contribution in [0.15, 0.2) is 45.6 Å². The minimum Gasteiger partial charge on any atom is -0.493 e. The van der Waals surface area contributed by atoms with Crippen LogP contribution in [0.25, 0.3) is 22.3 Å². The van der Waals surface area contributed by atoms with E-state index in [4.69, 9.17) is 13.9 Å². The first-order chi connectivity index (χ1) is 12.6. The van der Waals surface area contributed by atoms with Crippen LogP contribution >= 0.6 is 0 Å². The van der Waals surface area contributed by atoms with Gasteiger partial charge in [-0.25, -0.2) is 0 Å². The van der Waals surface area contributed by atoms with Gasteiger partial charge in [0, 0.05) is 24.2 Å². The average Bonchev–Trinajstić information content (AvgIpc) is 2.65. The molecule has 0 aliphatic rings. The lowest BCUT2D eigenvalue weighted by molar-refractivity contribution is 0.355. The van der Waals surface area contributed by atoms with Crippen molar-refractivity contribution in [2.45, 2.75) is 20.4 Å². The average molecular weight is 353 g/mol. The smallest absolute Gasteiger partial charge is 0.193 e. The van der Waals surface area contributed by atoms with Gasteiger partial charge in [0.15, 0.2) is 16.9 Å². The molecule has 2 aromatic carbocycles. The highest BCUT2D eigenvalue weighted by Crippen LogP contribution is 2.33. The van der Waals surface area contributed by atoms with Gasteiger partial charge in [-0.15, -0.1) is 0 Å². The molecule has 136 valence electrons. The molecule has 0 bridgehead atoms. The van der Waals surface area contributed by atoms with Crippen LogP contribution in [0.4, 0.5) is 0 Å². The standard InChI is InChI=1S/C21H23NO4/c1-5-22-12-14-8-13(2)6-7-15(14)18-10-17(23)16-9-20(24-3)21(25-4)11-19(16)26-18/h6-11,22H,5,12H2,1-4H3. The number of aryl methyl sites for hydroxylation is 1. The van der Waals surface area contributed by atoms with Gasteiger partial charge in [-0.3, -0.25) is 4.79 Å². The van der Waals surface area contributed by atoms with Crippen molar-refractivity contribution in [3.63, 3.8) is 0 Å². The molecule has 0 saturated heterocycles. The monoisotopic (exact) mass is 353 g/mol. The SMILES string of the molecule is CCNCc1cc(C)ccc1-c1cc(=O)c2cc(OC)c(OC)cc2o1. The Morgan fingerprint density at radius 1 is 1.04 bits per heavy atom. The topological polar surface area (TPSA) is 60.7 Å². The summed E-state index contributed by atoms with van der Waals surface area (Å²) in [6.07, 6.45) is 0. The summed E-state index contributed by atoms with van der Waals surface area (Å²) in [6.45, 7) is 5.69. The highest BCUT2D eigenvalue weighted by molar-refractivity contribution is 5.82. The van der Waals surface area contributed by atoms with Crippen LogP contribution in [0.2, 0.25) is 0 Å². The molecule has 0 atom stereocenters. The van der Waals surface area contributed by atoms with Crippen molar-refractivity contribution < 1.29 is 13.9 Å². The highest BCUT2D eigenvalue weighted by Gasteiger charge is 2.14. The van der Waals surface area contributed by atoms with Gasteiger partial charge in [0.25, 0.3) is 0 Å². The number of ether oxygens (including phenoxy) is 2. The third-order valence-corrected chi connectivity index (χ3v) is 4.32. The Balaban J connectivity index is 2.19. The third kappa shape index (κ3) is 3.44. The van der Waals surface area contributed by atoms with E-state index in [1.54, 1.807) is 26.4 Å². The summed E-state index contributed by atoms with van der Waals surface area (Å²) in [4.78, 5) is 12.7. The van der Waals surface area contributed by atoms with Gasteiger partial charge in [0.05, 0.1) is 19.6 Å². The van der Waals surface area contributed by atoms with Crippen LogP contribution < -0.4 is 20.2 Å². The maximum atomic E-state index is 12.7. The Morgan fingerprint density at radius 3 is 2.46 bits per heavy atom. The first kappa shape index (κ1) is 18.0. The molecule has 0 fully saturated rings. The lowest BCUT2D eigenvalue weighted by Crippen LogP contribution is -2.13. The van der Waals surface area contributed by atoms with E-state index in [-0.39, 0.29) is 5.43 Å². The van der Waals surface area contributed by atoms with Crippen LogP contribution in [0, 0.1) is 6.92 Å². The molecule has 1 heterocycles. The van der Waals surface area contributed by atoms with Crippen molar-refractivity contribution >= 4 is 11.0 Å². The molecule has 5 nitrogen and oxygen atoms in total. The molecule has 0 spiro atoms. The summed E-state index contributed by atoms with van der Waals surface area (Å²) in [6, 6.07) is 11.0. The molecule has 0 saturated carbocycles. The Morgan fingerprint density at radius 2 is 1.77 bits per heavy atom. The van der Waals surface area contributed by atoms with E-state index < -0.39 is 0 Å². The molecule has 0 unspecified atom stereocenters. The fraction of sp³-hybridized carbons (Fsp3) is 0.286. The van der Waals surface area contributed by atoms with Crippen molar-refractivity contribution in [3.8, 4) is 22.8 Å². The van der Waals surface area contributed by atoms with Gasteiger partial charge in [-0.2, -0.15) is 0 Å². The lowest BCUT2D eigenvalue weighted by Gasteiger charge is -2.12. The molecule has 3 rings (SSSR count). The predicted octanol–water partition coefficient (Wildman–Crippen LogP) is 3.90. The summed E-state index contributed by atoms with van der Waals surface area (Å²) in [5.74, 6) is 1.57. The van der Waals surface area contributed by atoms with Crippen molar-refractivity contribution in [3.05, 3.63) is 57.7 Å². The number of hydrogen-bond donors (Lipinski definition) is 1. The lowest BCUT2D eigenvalue weighted by atomic mass is 10.0. The maximum Gasteiger partial charge on any atom is 0.193 e. The summed E-state index contributed by atoms with van der Waals surface area (Å²) < 4.78 is 16.7. The molecular formula is C21H23NO4. The third-order valence-electron chi connectivity index (χ3n) is 4.32.